The minimum atomic E-state index is 0.326. The van der Waals surface area contributed by atoms with Crippen LogP contribution in [0, 0.1) is 0 Å². The first kappa shape index (κ1) is 16.3. The van der Waals surface area contributed by atoms with Gasteiger partial charge >= 0.3 is 0 Å². The number of hydrogen-bond acceptors (Lipinski definition) is 1. The molecule has 0 saturated heterocycles. The molecule has 0 aliphatic rings. The summed E-state index contributed by atoms with van der Waals surface area (Å²) in [5.74, 6) is 0.326. The summed E-state index contributed by atoms with van der Waals surface area (Å²) < 4.78 is 2.29. The average Bonchev–Trinajstić information content (AvgIpc) is 3.01. The van der Waals surface area contributed by atoms with Crippen LogP contribution in [-0.2, 0) is 4.79 Å². The number of carbonyl (C=O) groups is 1. The second-order valence-corrected chi connectivity index (χ2v) is 6.81. The van der Waals surface area contributed by atoms with E-state index in [4.69, 9.17) is 0 Å². The molecule has 0 saturated carbocycles. The molecule has 0 radical (unpaired) electrons. The van der Waals surface area contributed by atoms with Crippen molar-refractivity contribution < 1.29 is 4.79 Å². The fourth-order valence-corrected chi connectivity index (χ4v) is 3.85. The number of aromatic nitrogens is 1. The molecule has 0 atom stereocenters. The third-order valence-corrected chi connectivity index (χ3v) is 4.85. The van der Waals surface area contributed by atoms with Crippen molar-refractivity contribution in [3.8, 4) is 11.1 Å². The van der Waals surface area contributed by atoms with Gasteiger partial charge in [-0.05, 0) is 35.1 Å². The van der Waals surface area contributed by atoms with E-state index in [0.29, 0.717) is 5.92 Å². The molecule has 0 N–H and O–H groups in total. The highest BCUT2D eigenvalue weighted by Gasteiger charge is 2.21. The van der Waals surface area contributed by atoms with Crippen LogP contribution in [0.3, 0.4) is 0 Å². The molecule has 0 aliphatic carbocycles. The number of pyridine rings is 1. The smallest absolute Gasteiger partial charge is 0.142 e. The Kier molecular flexibility index (Phi) is 4.18. The molecule has 26 heavy (non-hydrogen) atoms. The molecular formula is C24H21NO. The largest absolute Gasteiger partial charge is 0.319 e. The van der Waals surface area contributed by atoms with Gasteiger partial charge < -0.3 is 4.40 Å². The van der Waals surface area contributed by atoms with Gasteiger partial charge in [0.1, 0.15) is 6.29 Å². The topological polar surface area (TPSA) is 21.5 Å². The van der Waals surface area contributed by atoms with Gasteiger partial charge in [-0.25, -0.2) is 0 Å². The summed E-state index contributed by atoms with van der Waals surface area (Å²) in [6.07, 6.45) is 6.54. The Hall–Kier alpha value is -3.13. The van der Waals surface area contributed by atoms with E-state index >= 15 is 0 Å². The van der Waals surface area contributed by atoms with Crippen LogP contribution in [0.15, 0.2) is 72.9 Å². The molecule has 0 spiro atoms. The van der Waals surface area contributed by atoms with Gasteiger partial charge in [-0.15, -0.1) is 0 Å². The van der Waals surface area contributed by atoms with E-state index in [-0.39, 0.29) is 0 Å². The number of nitrogens with zero attached hydrogens (tertiary/aromatic N) is 1. The minimum absolute atomic E-state index is 0.326. The van der Waals surface area contributed by atoms with Crippen LogP contribution in [0.1, 0.15) is 31.0 Å². The van der Waals surface area contributed by atoms with E-state index in [0.717, 1.165) is 11.8 Å². The molecule has 2 nitrogen and oxygen atoms in total. The fraction of sp³-hybridized carbons (Fsp3) is 0.125. The summed E-state index contributed by atoms with van der Waals surface area (Å²) in [6, 6.07) is 21.1. The zero-order valence-electron chi connectivity index (χ0n) is 15.0. The molecule has 128 valence electrons. The Labute approximate surface area is 153 Å². The Bertz CT molecular complexity index is 1120. The number of benzene rings is 2. The third kappa shape index (κ3) is 2.55. The molecule has 0 unspecified atom stereocenters. The van der Waals surface area contributed by atoms with Gasteiger partial charge in [-0.1, -0.05) is 68.4 Å². The van der Waals surface area contributed by atoms with Gasteiger partial charge in [-0.3, -0.25) is 4.79 Å². The van der Waals surface area contributed by atoms with Crippen LogP contribution >= 0.6 is 0 Å². The first-order chi connectivity index (χ1) is 12.7. The van der Waals surface area contributed by atoms with Crippen molar-refractivity contribution >= 4 is 28.7 Å². The number of hydrogen-bond donors (Lipinski definition) is 0. The third-order valence-electron chi connectivity index (χ3n) is 4.85. The molecule has 2 heteroatoms. The summed E-state index contributed by atoms with van der Waals surface area (Å²) in [6.45, 7) is 4.40. The Morgan fingerprint density at radius 1 is 0.923 bits per heavy atom. The molecule has 4 rings (SSSR count). The van der Waals surface area contributed by atoms with Crippen molar-refractivity contribution in [3.05, 3.63) is 84.2 Å². The fourth-order valence-electron chi connectivity index (χ4n) is 3.85. The van der Waals surface area contributed by atoms with Gasteiger partial charge in [0.2, 0.25) is 0 Å². The zero-order chi connectivity index (χ0) is 18.1. The van der Waals surface area contributed by atoms with Crippen molar-refractivity contribution in [2.75, 3.05) is 0 Å². The van der Waals surface area contributed by atoms with E-state index in [1.165, 1.54) is 33.1 Å². The molecule has 2 heterocycles. The maximum atomic E-state index is 11.0. The number of rotatable bonds is 4. The van der Waals surface area contributed by atoms with Crippen LogP contribution in [0.25, 0.3) is 33.5 Å². The standard InChI is InChI=1S/C24H21NO/c1-17(2)23-21(13-8-16-26)22(19-10-4-3-5-11-19)24-20-12-7-6-9-18(20)14-15-25(23)24/h3-17H,1-2H3/b13-8+. The van der Waals surface area contributed by atoms with E-state index in [2.05, 4.69) is 79.0 Å². The SMILES string of the molecule is CC(C)c1c(/C=C/C=O)c(-c2ccccc2)c2c3ccccc3ccn12. The second kappa shape index (κ2) is 6.64. The van der Waals surface area contributed by atoms with Crippen LogP contribution in [-0.4, -0.2) is 10.7 Å². The predicted molar refractivity (Wildman–Crippen MR) is 110 cm³/mol. The van der Waals surface area contributed by atoms with Crippen LogP contribution in [0.4, 0.5) is 0 Å². The van der Waals surface area contributed by atoms with Gasteiger partial charge in [0.25, 0.3) is 0 Å². The van der Waals surface area contributed by atoms with Crippen molar-refractivity contribution in [1.29, 1.82) is 0 Å². The molecular weight excluding hydrogens is 318 g/mol. The predicted octanol–water partition coefficient (Wildman–Crippen LogP) is 6.10. The van der Waals surface area contributed by atoms with Crippen molar-refractivity contribution in [2.45, 2.75) is 19.8 Å². The average molecular weight is 339 g/mol. The van der Waals surface area contributed by atoms with Crippen LogP contribution in [0.2, 0.25) is 0 Å². The molecule has 2 aromatic heterocycles. The van der Waals surface area contributed by atoms with Crippen molar-refractivity contribution in [2.24, 2.45) is 0 Å². The number of fused-ring (bicyclic) bond motifs is 3. The van der Waals surface area contributed by atoms with Crippen LogP contribution in [0.5, 0.6) is 0 Å². The van der Waals surface area contributed by atoms with E-state index < -0.39 is 0 Å². The normalized spacial score (nSPS) is 11.8. The monoisotopic (exact) mass is 339 g/mol. The molecule has 0 bridgehead atoms. The molecule has 0 fully saturated rings. The quantitative estimate of drug-likeness (QED) is 0.325. The highest BCUT2D eigenvalue weighted by Crippen LogP contribution is 2.40. The van der Waals surface area contributed by atoms with Gasteiger partial charge in [0, 0.05) is 28.4 Å². The van der Waals surface area contributed by atoms with Crippen molar-refractivity contribution in [1.82, 2.24) is 4.40 Å². The maximum Gasteiger partial charge on any atom is 0.142 e. The first-order valence-electron chi connectivity index (χ1n) is 8.95. The summed E-state index contributed by atoms with van der Waals surface area (Å²) in [5.41, 5.74) is 5.89. The number of aldehydes is 1. The molecule has 0 amide bonds. The Morgan fingerprint density at radius 3 is 2.38 bits per heavy atom. The maximum absolute atomic E-state index is 11.0. The minimum Gasteiger partial charge on any atom is -0.319 e. The van der Waals surface area contributed by atoms with E-state index in [1.54, 1.807) is 6.08 Å². The Balaban J connectivity index is 2.25. The highest BCUT2D eigenvalue weighted by atomic mass is 16.1. The highest BCUT2D eigenvalue weighted by molar-refractivity contribution is 6.06. The summed E-state index contributed by atoms with van der Waals surface area (Å²) in [5, 5.41) is 2.44. The van der Waals surface area contributed by atoms with Crippen LogP contribution < -0.4 is 0 Å². The number of carbonyl (C=O) groups excluding carboxylic acids is 1. The lowest BCUT2D eigenvalue weighted by Gasteiger charge is -2.09. The van der Waals surface area contributed by atoms with Gasteiger partial charge in [0.05, 0.1) is 5.52 Å². The summed E-state index contributed by atoms with van der Waals surface area (Å²) in [4.78, 5) is 11.0. The second-order valence-electron chi connectivity index (χ2n) is 6.81. The molecule has 2 aromatic carbocycles. The lowest BCUT2D eigenvalue weighted by Crippen LogP contribution is -1.96. The van der Waals surface area contributed by atoms with Crippen molar-refractivity contribution in [3.63, 3.8) is 0 Å². The number of allylic oxidation sites excluding steroid dienone is 1. The van der Waals surface area contributed by atoms with E-state index in [9.17, 15) is 4.79 Å². The lowest BCUT2D eigenvalue weighted by atomic mass is 9.96. The lowest BCUT2D eigenvalue weighted by molar-refractivity contribution is -0.104. The first-order valence-corrected chi connectivity index (χ1v) is 8.95. The zero-order valence-corrected chi connectivity index (χ0v) is 15.0. The van der Waals surface area contributed by atoms with E-state index in [1.807, 2.05) is 12.1 Å². The Morgan fingerprint density at radius 2 is 1.65 bits per heavy atom. The summed E-state index contributed by atoms with van der Waals surface area (Å²) >= 11 is 0. The van der Waals surface area contributed by atoms with Gasteiger partial charge in [-0.2, -0.15) is 0 Å². The molecule has 4 aromatic rings. The molecule has 0 aliphatic heterocycles. The summed E-state index contributed by atoms with van der Waals surface area (Å²) in [7, 11) is 0. The van der Waals surface area contributed by atoms with Gasteiger partial charge in [0.15, 0.2) is 0 Å².